The Bertz CT molecular complexity index is 1230. The van der Waals surface area contributed by atoms with Crippen molar-refractivity contribution in [3.63, 3.8) is 0 Å². The molecule has 202 valence electrons. The summed E-state index contributed by atoms with van der Waals surface area (Å²) in [6, 6.07) is 16.6. The highest BCUT2D eigenvalue weighted by Crippen LogP contribution is 2.35. The minimum atomic E-state index is -1.05. The van der Waals surface area contributed by atoms with Crippen LogP contribution in [0.1, 0.15) is 54.7 Å². The van der Waals surface area contributed by atoms with Crippen molar-refractivity contribution < 1.29 is 28.2 Å². The highest BCUT2D eigenvalue weighted by molar-refractivity contribution is 5.94. The largest absolute Gasteiger partial charge is 0.493 e. The summed E-state index contributed by atoms with van der Waals surface area (Å²) in [6.45, 7) is 6.57. The van der Waals surface area contributed by atoms with E-state index >= 15 is 0 Å². The fraction of sp³-hybridized carbons (Fsp3) is 0.367. The van der Waals surface area contributed by atoms with E-state index in [0.717, 1.165) is 23.1 Å². The zero-order chi connectivity index (χ0) is 27.3. The minimum Gasteiger partial charge on any atom is -0.493 e. The number of rotatable bonds is 9. The molecule has 1 amide bonds. The topological polar surface area (TPSA) is 79.8 Å². The molecule has 3 N–H and O–H groups in total. The standard InChI is InChI=1S/C30H34F2N2O4/c1-30(2,3)38-23-9-10-28-24(17-23)25(11-12-37-28)33-18-27(35)26(15-19-13-21(31)16-22(32)14-19)34-29(36)20-7-5-4-6-8-20/h4-10,13-14,16-17,25-27,33,35H,11-12,15,18H2,1-3H3,(H,34,36)/t25-,26-,27-/m1/s1. The number of carbonyl (C=O) groups excluding carboxylic acids is 1. The van der Waals surface area contributed by atoms with Crippen molar-refractivity contribution in [2.24, 2.45) is 0 Å². The highest BCUT2D eigenvalue weighted by Gasteiger charge is 2.27. The molecule has 3 aromatic rings. The number of aliphatic hydroxyl groups is 1. The fourth-order valence-corrected chi connectivity index (χ4v) is 4.51. The van der Waals surface area contributed by atoms with Crippen LogP contribution in [0.3, 0.4) is 0 Å². The van der Waals surface area contributed by atoms with E-state index in [9.17, 15) is 18.7 Å². The summed E-state index contributed by atoms with van der Waals surface area (Å²) < 4.78 is 39.5. The molecule has 1 aliphatic rings. The first-order chi connectivity index (χ1) is 18.1. The van der Waals surface area contributed by atoms with Gasteiger partial charge in [0.25, 0.3) is 5.91 Å². The van der Waals surface area contributed by atoms with Crippen molar-refractivity contribution in [2.45, 2.75) is 57.4 Å². The Morgan fingerprint density at radius 2 is 1.79 bits per heavy atom. The minimum absolute atomic E-state index is 0.0457. The Morgan fingerprint density at radius 1 is 1.08 bits per heavy atom. The van der Waals surface area contributed by atoms with E-state index in [1.807, 2.05) is 39.0 Å². The third-order valence-electron chi connectivity index (χ3n) is 6.21. The van der Waals surface area contributed by atoms with Crippen LogP contribution >= 0.6 is 0 Å². The Hall–Kier alpha value is -3.49. The van der Waals surface area contributed by atoms with E-state index in [1.54, 1.807) is 30.3 Å². The number of halogens is 2. The van der Waals surface area contributed by atoms with Crippen molar-refractivity contribution in [1.29, 1.82) is 0 Å². The molecule has 0 unspecified atom stereocenters. The number of fused-ring (bicyclic) bond motifs is 1. The molecule has 3 aromatic carbocycles. The number of benzene rings is 3. The van der Waals surface area contributed by atoms with E-state index in [0.29, 0.717) is 24.2 Å². The van der Waals surface area contributed by atoms with Crippen LogP contribution in [0.25, 0.3) is 0 Å². The lowest BCUT2D eigenvalue weighted by atomic mass is 9.97. The molecule has 0 aromatic heterocycles. The maximum absolute atomic E-state index is 13.8. The Labute approximate surface area is 222 Å². The molecular weight excluding hydrogens is 490 g/mol. The second-order valence-corrected chi connectivity index (χ2v) is 10.5. The summed E-state index contributed by atoms with van der Waals surface area (Å²) in [5, 5.41) is 17.4. The van der Waals surface area contributed by atoms with Gasteiger partial charge in [-0.25, -0.2) is 8.78 Å². The first-order valence-electron chi connectivity index (χ1n) is 12.8. The summed E-state index contributed by atoms with van der Waals surface area (Å²) in [5.74, 6) is -0.350. The molecule has 0 saturated heterocycles. The molecule has 0 bridgehead atoms. The quantitative estimate of drug-likeness (QED) is 0.369. The molecule has 0 fully saturated rings. The van der Waals surface area contributed by atoms with E-state index in [2.05, 4.69) is 10.6 Å². The summed E-state index contributed by atoms with van der Waals surface area (Å²) in [5.41, 5.74) is 1.32. The molecule has 6 nitrogen and oxygen atoms in total. The molecular formula is C30H34F2N2O4. The van der Waals surface area contributed by atoms with Gasteiger partial charge in [0.05, 0.1) is 18.8 Å². The van der Waals surface area contributed by atoms with Crippen LogP contribution in [0.2, 0.25) is 0 Å². The van der Waals surface area contributed by atoms with Crippen LogP contribution in [0.15, 0.2) is 66.7 Å². The second kappa shape index (κ2) is 11.9. The summed E-state index contributed by atoms with van der Waals surface area (Å²) in [7, 11) is 0. The number of hydrogen-bond donors (Lipinski definition) is 3. The van der Waals surface area contributed by atoms with Gasteiger partial charge in [0, 0.05) is 36.2 Å². The smallest absolute Gasteiger partial charge is 0.251 e. The Kier molecular flexibility index (Phi) is 8.64. The number of carbonyl (C=O) groups is 1. The SMILES string of the molecule is CC(C)(C)Oc1ccc2c(c1)[C@H](NC[C@@H](O)[C@@H](Cc1cc(F)cc(F)c1)NC(=O)c1ccccc1)CCO2. The first kappa shape index (κ1) is 27.5. The average Bonchev–Trinajstić information content (AvgIpc) is 2.85. The van der Waals surface area contributed by atoms with Gasteiger partial charge in [0.2, 0.25) is 0 Å². The van der Waals surface area contributed by atoms with E-state index < -0.39 is 23.8 Å². The molecule has 38 heavy (non-hydrogen) atoms. The zero-order valence-electron chi connectivity index (χ0n) is 21.8. The zero-order valence-corrected chi connectivity index (χ0v) is 21.8. The van der Waals surface area contributed by atoms with E-state index in [1.165, 1.54) is 12.1 Å². The summed E-state index contributed by atoms with van der Waals surface area (Å²) >= 11 is 0. The lowest BCUT2D eigenvalue weighted by molar-refractivity contribution is 0.0819. The van der Waals surface area contributed by atoms with Gasteiger partial charge in [-0.1, -0.05) is 18.2 Å². The molecule has 0 saturated carbocycles. The second-order valence-electron chi connectivity index (χ2n) is 10.5. The predicted molar refractivity (Wildman–Crippen MR) is 141 cm³/mol. The Balaban J connectivity index is 1.50. The molecule has 0 aliphatic carbocycles. The van der Waals surface area contributed by atoms with Gasteiger partial charge in [0.15, 0.2) is 0 Å². The van der Waals surface area contributed by atoms with Crippen LogP contribution in [-0.4, -0.2) is 41.9 Å². The predicted octanol–water partition coefficient (Wildman–Crippen LogP) is 4.96. The van der Waals surface area contributed by atoms with Crippen LogP contribution in [0, 0.1) is 11.6 Å². The van der Waals surface area contributed by atoms with E-state index in [4.69, 9.17) is 9.47 Å². The van der Waals surface area contributed by atoms with Crippen molar-refractivity contribution in [3.8, 4) is 11.5 Å². The number of nitrogens with one attached hydrogen (secondary N) is 2. The van der Waals surface area contributed by atoms with Crippen LogP contribution < -0.4 is 20.1 Å². The van der Waals surface area contributed by atoms with Gasteiger partial charge >= 0.3 is 0 Å². The van der Waals surface area contributed by atoms with Gasteiger partial charge in [-0.15, -0.1) is 0 Å². The van der Waals surface area contributed by atoms with E-state index in [-0.39, 0.29) is 30.5 Å². The molecule has 0 spiro atoms. The normalized spacial score (nSPS) is 16.6. The first-order valence-corrected chi connectivity index (χ1v) is 12.8. The molecule has 8 heteroatoms. The maximum atomic E-state index is 13.8. The summed E-state index contributed by atoms with van der Waals surface area (Å²) in [6.07, 6.45) is -0.326. The van der Waals surface area contributed by atoms with Gasteiger partial charge < -0.3 is 25.2 Å². The number of aliphatic hydroxyl groups excluding tert-OH is 1. The third kappa shape index (κ3) is 7.52. The third-order valence-corrected chi connectivity index (χ3v) is 6.21. The lowest BCUT2D eigenvalue weighted by Crippen LogP contribution is -2.49. The number of hydrogen-bond acceptors (Lipinski definition) is 5. The maximum Gasteiger partial charge on any atom is 0.251 e. The van der Waals surface area contributed by atoms with Crippen molar-refractivity contribution in [2.75, 3.05) is 13.2 Å². The van der Waals surface area contributed by atoms with Gasteiger partial charge in [-0.2, -0.15) is 0 Å². The van der Waals surface area contributed by atoms with Crippen molar-refractivity contribution in [3.05, 3.63) is 95.1 Å². The average molecular weight is 525 g/mol. The fourth-order valence-electron chi connectivity index (χ4n) is 4.51. The monoisotopic (exact) mass is 524 g/mol. The lowest BCUT2D eigenvalue weighted by Gasteiger charge is -2.31. The van der Waals surface area contributed by atoms with Crippen LogP contribution in [0.5, 0.6) is 11.5 Å². The number of ether oxygens (including phenoxy) is 2. The van der Waals surface area contributed by atoms with Gasteiger partial charge in [-0.05, 0) is 75.2 Å². The van der Waals surface area contributed by atoms with Crippen molar-refractivity contribution in [1.82, 2.24) is 10.6 Å². The van der Waals surface area contributed by atoms with Crippen LogP contribution in [0.4, 0.5) is 8.78 Å². The van der Waals surface area contributed by atoms with Crippen LogP contribution in [-0.2, 0) is 6.42 Å². The molecule has 4 rings (SSSR count). The molecule has 1 heterocycles. The molecule has 0 radical (unpaired) electrons. The van der Waals surface area contributed by atoms with Gasteiger partial charge in [-0.3, -0.25) is 4.79 Å². The molecule has 1 aliphatic heterocycles. The number of amides is 1. The highest BCUT2D eigenvalue weighted by atomic mass is 19.1. The van der Waals surface area contributed by atoms with Gasteiger partial charge in [0.1, 0.15) is 28.7 Å². The van der Waals surface area contributed by atoms with Crippen molar-refractivity contribution >= 4 is 5.91 Å². The Morgan fingerprint density at radius 3 is 2.47 bits per heavy atom. The summed E-state index contributed by atoms with van der Waals surface area (Å²) in [4.78, 5) is 12.9. The molecule has 3 atom stereocenters.